The molecule has 2 aliphatic heterocycles. The average Bonchev–Trinajstić information content (AvgIpc) is 3.44. The van der Waals surface area contributed by atoms with Crippen LogP contribution in [0.3, 0.4) is 0 Å². The van der Waals surface area contributed by atoms with Gasteiger partial charge in [-0.05, 0) is 38.3 Å². The van der Waals surface area contributed by atoms with Crippen LogP contribution in [0, 0.1) is 6.92 Å². The molecule has 1 N–H and O–H groups in total. The Morgan fingerprint density at radius 3 is 2.66 bits per heavy atom. The van der Waals surface area contributed by atoms with Gasteiger partial charge in [0.25, 0.3) is 0 Å². The summed E-state index contributed by atoms with van der Waals surface area (Å²) in [6, 6.07) is 5.29. The Balaban J connectivity index is 1.61. The Morgan fingerprint density at radius 2 is 2.00 bits per heavy atom. The van der Waals surface area contributed by atoms with Gasteiger partial charge in [0.2, 0.25) is 0 Å². The first-order valence-corrected chi connectivity index (χ1v) is 13.4. The Hall–Kier alpha value is -2.34. The SMILES string of the molecule is COCCOc1ccc(S(=O)(=O)[C@@H]2C[C@@H](C(=O)O)N(c3cc(C)nn3C3CCOCC3)C2)c(Cl)c1. The van der Waals surface area contributed by atoms with E-state index in [0.717, 1.165) is 18.5 Å². The number of methoxy groups -OCH3 is 1. The molecule has 3 heterocycles. The summed E-state index contributed by atoms with van der Waals surface area (Å²) in [6.45, 7) is 3.76. The summed E-state index contributed by atoms with van der Waals surface area (Å²) in [5, 5.41) is 13.7. The van der Waals surface area contributed by atoms with Crippen LogP contribution in [0.4, 0.5) is 5.82 Å². The quantitative estimate of drug-likeness (QED) is 0.490. The zero-order chi connectivity index (χ0) is 25.2. The smallest absolute Gasteiger partial charge is 0.326 e. The van der Waals surface area contributed by atoms with E-state index in [1.165, 1.54) is 12.1 Å². The minimum Gasteiger partial charge on any atom is -0.491 e. The molecule has 4 rings (SSSR count). The van der Waals surface area contributed by atoms with Gasteiger partial charge in [0.1, 0.15) is 24.2 Å². The monoisotopic (exact) mass is 527 g/mol. The zero-order valence-corrected chi connectivity index (χ0v) is 21.3. The summed E-state index contributed by atoms with van der Waals surface area (Å²) in [5.41, 5.74) is 0.744. The van der Waals surface area contributed by atoms with Crippen molar-refractivity contribution in [3.8, 4) is 5.75 Å². The fraction of sp³-hybridized carbons (Fsp3) is 0.565. The van der Waals surface area contributed by atoms with Crippen molar-refractivity contribution in [3.05, 3.63) is 35.0 Å². The highest BCUT2D eigenvalue weighted by Gasteiger charge is 2.45. The fourth-order valence-corrected chi connectivity index (χ4v) is 6.88. The van der Waals surface area contributed by atoms with Gasteiger partial charge in [-0.15, -0.1) is 0 Å². The highest BCUT2D eigenvalue weighted by Crippen LogP contribution is 2.37. The van der Waals surface area contributed by atoms with Gasteiger partial charge in [0.15, 0.2) is 9.84 Å². The van der Waals surface area contributed by atoms with E-state index < -0.39 is 27.1 Å². The maximum absolute atomic E-state index is 13.6. The fourth-order valence-electron chi connectivity index (χ4n) is 4.65. The Bertz CT molecular complexity index is 1160. The summed E-state index contributed by atoms with van der Waals surface area (Å²) in [7, 11) is -2.36. The summed E-state index contributed by atoms with van der Waals surface area (Å²) in [4.78, 5) is 13.8. The van der Waals surface area contributed by atoms with E-state index in [1.54, 1.807) is 18.1 Å². The van der Waals surface area contributed by atoms with E-state index in [0.29, 0.717) is 38.0 Å². The lowest BCUT2D eigenvalue weighted by Crippen LogP contribution is -2.38. The number of benzene rings is 1. The van der Waals surface area contributed by atoms with E-state index in [-0.39, 0.29) is 28.9 Å². The van der Waals surface area contributed by atoms with Crippen molar-refractivity contribution in [1.29, 1.82) is 0 Å². The number of carboxylic acids is 1. The summed E-state index contributed by atoms with van der Waals surface area (Å²) < 4.78 is 44.9. The van der Waals surface area contributed by atoms with Gasteiger partial charge in [0.05, 0.1) is 33.5 Å². The molecule has 2 aromatic rings. The number of hydrogen-bond donors (Lipinski definition) is 1. The summed E-state index contributed by atoms with van der Waals surface area (Å²) in [6.07, 6.45) is 1.46. The molecule has 2 fully saturated rings. The van der Waals surface area contributed by atoms with E-state index >= 15 is 0 Å². The molecule has 2 aliphatic rings. The van der Waals surface area contributed by atoms with Gasteiger partial charge in [-0.1, -0.05) is 11.6 Å². The third kappa shape index (κ3) is 5.42. The van der Waals surface area contributed by atoms with Crippen LogP contribution in [0.5, 0.6) is 5.75 Å². The predicted octanol–water partition coefficient (Wildman–Crippen LogP) is 2.73. The summed E-state index contributed by atoms with van der Waals surface area (Å²) in [5.74, 6) is -0.0288. The topological polar surface area (TPSA) is 120 Å². The molecule has 0 spiro atoms. The number of carboxylic acid groups (broad SMARTS) is 1. The van der Waals surface area contributed by atoms with Crippen LogP contribution in [0.15, 0.2) is 29.2 Å². The van der Waals surface area contributed by atoms with Crippen LogP contribution < -0.4 is 9.64 Å². The second-order valence-electron chi connectivity index (χ2n) is 8.77. The molecule has 35 heavy (non-hydrogen) atoms. The number of rotatable bonds is 9. The third-order valence-electron chi connectivity index (χ3n) is 6.42. The van der Waals surface area contributed by atoms with Gasteiger partial charge in [0, 0.05) is 39.0 Å². The van der Waals surface area contributed by atoms with Gasteiger partial charge in [-0.2, -0.15) is 5.10 Å². The van der Waals surface area contributed by atoms with Crippen LogP contribution in [0.1, 0.15) is 31.0 Å². The number of carbonyl (C=O) groups is 1. The molecule has 2 saturated heterocycles. The van der Waals surface area contributed by atoms with Gasteiger partial charge >= 0.3 is 5.97 Å². The van der Waals surface area contributed by atoms with Crippen molar-refractivity contribution in [3.63, 3.8) is 0 Å². The number of sulfone groups is 1. The molecule has 12 heteroatoms. The highest BCUT2D eigenvalue weighted by atomic mass is 35.5. The Labute approximate surface area is 209 Å². The number of aromatic nitrogens is 2. The van der Waals surface area contributed by atoms with Gasteiger partial charge in [-0.25, -0.2) is 17.9 Å². The van der Waals surface area contributed by atoms with Crippen LogP contribution >= 0.6 is 11.6 Å². The van der Waals surface area contributed by atoms with Crippen molar-refractivity contribution in [2.75, 3.05) is 45.0 Å². The van der Waals surface area contributed by atoms with Crippen molar-refractivity contribution < 1.29 is 32.5 Å². The third-order valence-corrected chi connectivity index (χ3v) is 9.03. The number of aliphatic carboxylic acids is 1. The van der Waals surface area contributed by atoms with Crippen LogP contribution in [0.2, 0.25) is 5.02 Å². The van der Waals surface area contributed by atoms with Crippen LogP contribution in [-0.2, 0) is 24.1 Å². The Morgan fingerprint density at radius 1 is 1.26 bits per heavy atom. The lowest BCUT2D eigenvalue weighted by atomic mass is 10.1. The van der Waals surface area contributed by atoms with E-state index in [1.807, 2.05) is 17.7 Å². The van der Waals surface area contributed by atoms with Crippen LogP contribution in [0.25, 0.3) is 0 Å². The lowest BCUT2D eigenvalue weighted by molar-refractivity contribution is -0.138. The van der Waals surface area contributed by atoms with Crippen molar-refractivity contribution in [2.45, 2.75) is 48.4 Å². The Kier molecular flexibility index (Phi) is 7.89. The standard InChI is InChI=1S/C23H30ClN3O7S/c1-15-11-22(27(25-15)16-5-7-33-8-6-16)26-14-18(13-20(26)23(28)29)35(30,31)21-4-3-17(12-19(21)24)34-10-9-32-2/h3-4,11-12,16,18,20H,5-10,13-14H2,1-2H3,(H,28,29)/t18-,20+/m1/s1. The zero-order valence-electron chi connectivity index (χ0n) is 19.7. The number of halogens is 1. The molecule has 0 amide bonds. The maximum Gasteiger partial charge on any atom is 0.326 e. The molecule has 192 valence electrons. The molecule has 0 radical (unpaired) electrons. The molecule has 0 saturated carbocycles. The molecule has 0 unspecified atom stereocenters. The molecule has 10 nitrogen and oxygen atoms in total. The first-order valence-electron chi connectivity index (χ1n) is 11.5. The minimum atomic E-state index is -3.92. The molecular formula is C23H30ClN3O7S. The normalized spacial score (nSPS) is 21.4. The highest BCUT2D eigenvalue weighted by molar-refractivity contribution is 7.92. The molecule has 1 aromatic heterocycles. The minimum absolute atomic E-state index is 0.0239. The second kappa shape index (κ2) is 10.7. The van der Waals surface area contributed by atoms with Crippen molar-refractivity contribution in [2.24, 2.45) is 0 Å². The molecule has 0 bridgehead atoms. The van der Waals surface area contributed by atoms with E-state index in [4.69, 9.17) is 25.8 Å². The lowest BCUT2D eigenvalue weighted by Gasteiger charge is -2.29. The second-order valence-corrected chi connectivity index (χ2v) is 11.4. The molecule has 0 aliphatic carbocycles. The van der Waals surface area contributed by atoms with Crippen molar-refractivity contribution in [1.82, 2.24) is 9.78 Å². The van der Waals surface area contributed by atoms with Crippen LogP contribution in [-0.4, -0.2) is 80.6 Å². The number of aryl methyl sites for hydroxylation is 1. The molecular weight excluding hydrogens is 498 g/mol. The van der Waals surface area contributed by atoms with Gasteiger partial charge in [-0.3, -0.25) is 0 Å². The first-order chi connectivity index (χ1) is 16.7. The van der Waals surface area contributed by atoms with Gasteiger partial charge < -0.3 is 24.2 Å². The maximum atomic E-state index is 13.6. The summed E-state index contributed by atoms with van der Waals surface area (Å²) >= 11 is 6.34. The number of anilines is 1. The first kappa shape index (κ1) is 25.7. The predicted molar refractivity (Wildman–Crippen MR) is 129 cm³/mol. The van der Waals surface area contributed by atoms with E-state index in [9.17, 15) is 18.3 Å². The van der Waals surface area contributed by atoms with E-state index in [2.05, 4.69) is 5.10 Å². The number of ether oxygens (including phenoxy) is 3. The average molecular weight is 528 g/mol. The number of hydrogen-bond acceptors (Lipinski definition) is 8. The van der Waals surface area contributed by atoms with Crippen molar-refractivity contribution >= 4 is 33.2 Å². The molecule has 2 atom stereocenters. The molecule has 1 aromatic carbocycles. The largest absolute Gasteiger partial charge is 0.491 e. The number of nitrogens with zero attached hydrogens (tertiary/aromatic N) is 3.